The third kappa shape index (κ3) is 6.25. The van der Waals surface area contributed by atoms with E-state index in [-0.39, 0.29) is 5.91 Å². The quantitative estimate of drug-likeness (QED) is 0.711. The van der Waals surface area contributed by atoms with E-state index in [1.807, 2.05) is 6.07 Å². The highest BCUT2D eigenvalue weighted by Gasteiger charge is 2.11. The zero-order valence-electron chi connectivity index (χ0n) is 11.8. The summed E-state index contributed by atoms with van der Waals surface area (Å²) in [5, 5.41) is 3.40. The van der Waals surface area contributed by atoms with Crippen LogP contribution in [0.15, 0.2) is 22.7 Å². The molecular weight excluding hydrogens is 340 g/mol. The van der Waals surface area contributed by atoms with Crippen molar-refractivity contribution in [1.29, 1.82) is 0 Å². The lowest BCUT2D eigenvalue weighted by molar-refractivity contribution is -0.116. The van der Waals surface area contributed by atoms with E-state index >= 15 is 0 Å². The van der Waals surface area contributed by atoms with E-state index in [0.29, 0.717) is 29.6 Å². The monoisotopic (exact) mass is 360 g/mol. The van der Waals surface area contributed by atoms with Crippen LogP contribution in [0.25, 0.3) is 0 Å². The van der Waals surface area contributed by atoms with E-state index in [0.717, 1.165) is 30.2 Å². The number of anilines is 1. The molecule has 0 spiro atoms. The Balaban J connectivity index is 2.46. The summed E-state index contributed by atoms with van der Waals surface area (Å²) < 4.78 is 0.895. The molecule has 0 heterocycles. The molecule has 5 heteroatoms. The minimum Gasteiger partial charge on any atom is -0.330 e. The van der Waals surface area contributed by atoms with Crippen molar-refractivity contribution in [2.75, 3.05) is 11.9 Å². The molecular formula is C15H22BrClN2O. The Kier molecular flexibility index (Phi) is 8.19. The fourth-order valence-electron chi connectivity index (χ4n) is 2.22. The molecule has 0 aliphatic rings. The Morgan fingerprint density at radius 2 is 2.15 bits per heavy atom. The second-order valence-corrected chi connectivity index (χ2v) is 6.27. The van der Waals surface area contributed by atoms with Gasteiger partial charge in [0, 0.05) is 10.9 Å². The molecule has 0 saturated heterocycles. The number of hydrogen-bond acceptors (Lipinski definition) is 2. The largest absolute Gasteiger partial charge is 0.330 e. The van der Waals surface area contributed by atoms with Gasteiger partial charge in [-0.3, -0.25) is 4.79 Å². The van der Waals surface area contributed by atoms with Crippen LogP contribution in [0.1, 0.15) is 39.0 Å². The van der Waals surface area contributed by atoms with Gasteiger partial charge in [0.1, 0.15) is 0 Å². The molecule has 0 aliphatic heterocycles. The second-order valence-electron chi connectivity index (χ2n) is 4.94. The molecule has 0 bridgehead atoms. The molecule has 1 amide bonds. The zero-order chi connectivity index (χ0) is 15.0. The van der Waals surface area contributed by atoms with E-state index in [4.69, 9.17) is 17.3 Å². The van der Waals surface area contributed by atoms with Crippen molar-refractivity contribution in [3.8, 4) is 0 Å². The van der Waals surface area contributed by atoms with Crippen molar-refractivity contribution < 1.29 is 4.79 Å². The third-order valence-electron chi connectivity index (χ3n) is 3.26. The number of carbonyl (C=O) groups is 1. The Labute approximate surface area is 134 Å². The number of amides is 1. The van der Waals surface area contributed by atoms with Crippen LogP contribution < -0.4 is 11.1 Å². The topological polar surface area (TPSA) is 55.1 Å². The van der Waals surface area contributed by atoms with E-state index < -0.39 is 0 Å². The van der Waals surface area contributed by atoms with Crippen LogP contribution >= 0.6 is 27.5 Å². The normalized spacial score (nSPS) is 12.2. The average molecular weight is 362 g/mol. The molecule has 3 N–H and O–H groups in total. The van der Waals surface area contributed by atoms with Crippen molar-refractivity contribution in [3.63, 3.8) is 0 Å². The summed E-state index contributed by atoms with van der Waals surface area (Å²) in [5.41, 5.74) is 6.26. The lowest BCUT2D eigenvalue weighted by atomic mass is 9.94. The van der Waals surface area contributed by atoms with Gasteiger partial charge in [0.2, 0.25) is 5.91 Å². The van der Waals surface area contributed by atoms with E-state index in [2.05, 4.69) is 28.2 Å². The number of benzene rings is 1. The highest BCUT2D eigenvalue weighted by molar-refractivity contribution is 9.10. The molecule has 1 unspecified atom stereocenters. The second kappa shape index (κ2) is 9.37. The van der Waals surface area contributed by atoms with Crippen LogP contribution in [0, 0.1) is 5.92 Å². The van der Waals surface area contributed by atoms with Gasteiger partial charge in [0.25, 0.3) is 0 Å². The van der Waals surface area contributed by atoms with Crippen LogP contribution in [-0.2, 0) is 4.79 Å². The number of carbonyl (C=O) groups excluding carboxylic acids is 1. The molecule has 0 aromatic heterocycles. The summed E-state index contributed by atoms with van der Waals surface area (Å²) in [6.45, 7) is 2.84. The van der Waals surface area contributed by atoms with Crippen molar-refractivity contribution in [3.05, 3.63) is 27.7 Å². The maximum atomic E-state index is 11.9. The molecule has 1 aromatic carbocycles. The summed E-state index contributed by atoms with van der Waals surface area (Å²) in [7, 11) is 0. The van der Waals surface area contributed by atoms with Gasteiger partial charge >= 0.3 is 0 Å². The SMILES string of the molecule is CCCC(CCN)CCC(=O)Nc1ccc(Br)cc1Cl. The van der Waals surface area contributed by atoms with Gasteiger partial charge in [-0.2, -0.15) is 0 Å². The predicted molar refractivity (Wildman–Crippen MR) is 89.1 cm³/mol. The van der Waals surface area contributed by atoms with Crippen LogP contribution in [0.4, 0.5) is 5.69 Å². The van der Waals surface area contributed by atoms with Crippen molar-refractivity contribution in [2.45, 2.75) is 39.0 Å². The average Bonchev–Trinajstić information content (AvgIpc) is 2.40. The van der Waals surface area contributed by atoms with E-state index in [1.165, 1.54) is 0 Å². The Bertz CT molecular complexity index is 434. The molecule has 0 radical (unpaired) electrons. The highest BCUT2D eigenvalue weighted by atomic mass is 79.9. The number of rotatable bonds is 8. The first-order valence-corrected chi connectivity index (χ1v) is 8.18. The minimum absolute atomic E-state index is 0.00680. The van der Waals surface area contributed by atoms with Crippen molar-refractivity contribution in [1.82, 2.24) is 0 Å². The molecule has 20 heavy (non-hydrogen) atoms. The summed E-state index contributed by atoms with van der Waals surface area (Å²) in [6, 6.07) is 5.43. The smallest absolute Gasteiger partial charge is 0.224 e. The summed E-state index contributed by atoms with van der Waals surface area (Å²) in [5.74, 6) is 0.545. The first-order chi connectivity index (χ1) is 9.56. The number of halogens is 2. The molecule has 3 nitrogen and oxygen atoms in total. The van der Waals surface area contributed by atoms with Crippen molar-refractivity contribution >= 4 is 39.1 Å². The fourth-order valence-corrected chi connectivity index (χ4v) is 2.94. The van der Waals surface area contributed by atoms with Crippen molar-refractivity contribution in [2.24, 2.45) is 11.7 Å². The van der Waals surface area contributed by atoms with Gasteiger partial charge in [-0.05, 0) is 43.5 Å². The first kappa shape index (κ1) is 17.5. The standard InChI is InChI=1S/C15H22BrClN2O/c1-2-3-11(8-9-18)4-7-15(20)19-14-6-5-12(16)10-13(14)17/h5-6,10-11H,2-4,7-9,18H2,1H3,(H,19,20). The lowest BCUT2D eigenvalue weighted by Gasteiger charge is -2.15. The molecule has 1 aromatic rings. The molecule has 0 fully saturated rings. The van der Waals surface area contributed by atoms with Gasteiger partial charge in [-0.25, -0.2) is 0 Å². The Morgan fingerprint density at radius 1 is 1.40 bits per heavy atom. The summed E-state index contributed by atoms with van der Waals surface area (Å²) in [4.78, 5) is 11.9. The van der Waals surface area contributed by atoms with Crippen LogP contribution in [-0.4, -0.2) is 12.5 Å². The van der Waals surface area contributed by atoms with Crippen LogP contribution in [0.5, 0.6) is 0 Å². The lowest BCUT2D eigenvalue weighted by Crippen LogP contribution is -2.15. The zero-order valence-corrected chi connectivity index (χ0v) is 14.1. The fraction of sp³-hybridized carbons (Fsp3) is 0.533. The predicted octanol–water partition coefficient (Wildman–Crippen LogP) is 4.59. The van der Waals surface area contributed by atoms with Gasteiger partial charge < -0.3 is 11.1 Å². The number of nitrogens with one attached hydrogen (secondary N) is 1. The minimum atomic E-state index is 0.00680. The number of hydrogen-bond donors (Lipinski definition) is 2. The Hall–Kier alpha value is -0.580. The molecule has 0 saturated carbocycles. The van der Waals surface area contributed by atoms with Gasteiger partial charge in [0.05, 0.1) is 10.7 Å². The maximum absolute atomic E-state index is 11.9. The van der Waals surface area contributed by atoms with Gasteiger partial charge in [-0.1, -0.05) is 47.3 Å². The molecule has 1 atom stereocenters. The first-order valence-electron chi connectivity index (χ1n) is 7.01. The van der Waals surface area contributed by atoms with Crippen LogP contribution in [0.2, 0.25) is 5.02 Å². The third-order valence-corrected chi connectivity index (χ3v) is 4.06. The van der Waals surface area contributed by atoms with E-state index in [1.54, 1.807) is 12.1 Å². The maximum Gasteiger partial charge on any atom is 0.224 e. The van der Waals surface area contributed by atoms with Gasteiger partial charge in [-0.15, -0.1) is 0 Å². The molecule has 0 aliphatic carbocycles. The van der Waals surface area contributed by atoms with Gasteiger partial charge in [0.15, 0.2) is 0 Å². The molecule has 1 rings (SSSR count). The number of nitrogens with two attached hydrogens (primary N) is 1. The highest BCUT2D eigenvalue weighted by Crippen LogP contribution is 2.26. The van der Waals surface area contributed by atoms with Crippen LogP contribution in [0.3, 0.4) is 0 Å². The summed E-state index contributed by atoms with van der Waals surface area (Å²) in [6.07, 6.45) is 4.64. The summed E-state index contributed by atoms with van der Waals surface area (Å²) >= 11 is 9.41. The Morgan fingerprint density at radius 3 is 2.75 bits per heavy atom. The van der Waals surface area contributed by atoms with E-state index in [9.17, 15) is 4.79 Å². The molecule has 112 valence electrons.